The lowest BCUT2D eigenvalue weighted by atomic mass is 10.2. The first-order valence-corrected chi connectivity index (χ1v) is 7.09. The molecule has 21 heavy (non-hydrogen) atoms. The number of halogens is 1. The van der Waals surface area contributed by atoms with Crippen LogP contribution in [0.4, 0.5) is 0 Å². The fraction of sp³-hybridized carbons (Fsp3) is 0.118. The lowest BCUT2D eigenvalue weighted by molar-refractivity contribution is 0.340. The summed E-state index contributed by atoms with van der Waals surface area (Å²) >= 11 is 5.88. The van der Waals surface area contributed by atoms with Gasteiger partial charge in [0.1, 0.15) is 5.75 Å². The highest BCUT2D eigenvalue weighted by Gasteiger charge is 2.08. The molecule has 0 aliphatic rings. The number of hydrogen-bond donors (Lipinski definition) is 0. The lowest BCUT2D eigenvalue weighted by Crippen LogP contribution is -1.90. The molecule has 1 heterocycles. The predicted molar refractivity (Wildman–Crippen MR) is 83.6 cm³/mol. The Morgan fingerprint density at radius 1 is 1.00 bits per heavy atom. The minimum atomic E-state index is 0.579. The van der Waals surface area contributed by atoms with Gasteiger partial charge < -0.3 is 9.15 Å². The second-order valence-corrected chi connectivity index (χ2v) is 4.93. The van der Waals surface area contributed by atoms with Gasteiger partial charge in [-0.2, -0.15) is 0 Å². The van der Waals surface area contributed by atoms with Crippen LogP contribution in [0, 0.1) is 0 Å². The highest BCUT2D eigenvalue weighted by Crippen LogP contribution is 2.27. The molecule has 0 amide bonds. The average molecular weight is 300 g/mol. The molecule has 0 fully saturated rings. The molecule has 106 valence electrons. The summed E-state index contributed by atoms with van der Waals surface area (Å²) in [6.45, 7) is 2.62. The number of hydrogen-bond acceptors (Lipinski definition) is 3. The molecule has 0 aliphatic carbocycles. The van der Waals surface area contributed by atoms with Gasteiger partial charge in [0.05, 0.1) is 12.8 Å². The second kappa shape index (κ2) is 6.02. The molecule has 3 nitrogen and oxygen atoms in total. The quantitative estimate of drug-likeness (QED) is 0.675. The topological polar surface area (TPSA) is 35.3 Å². The third kappa shape index (κ3) is 3.09. The Balaban J connectivity index is 1.85. The largest absolute Gasteiger partial charge is 0.494 e. The fourth-order valence-electron chi connectivity index (χ4n) is 2.02. The number of oxazole rings is 1. The minimum absolute atomic E-state index is 0.579. The van der Waals surface area contributed by atoms with Crippen LogP contribution in [-0.2, 0) is 0 Å². The third-order valence-electron chi connectivity index (χ3n) is 3.05. The SMILES string of the molecule is CCOc1ccc(-c2cnc(-c3ccc(Cl)cc3)o2)cc1. The van der Waals surface area contributed by atoms with Crippen molar-refractivity contribution in [3.63, 3.8) is 0 Å². The molecule has 0 bridgehead atoms. The van der Waals surface area contributed by atoms with E-state index >= 15 is 0 Å². The number of nitrogens with zero attached hydrogens (tertiary/aromatic N) is 1. The average Bonchev–Trinajstić information content (AvgIpc) is 2.99. The Kier molecular flexibility index (Phi) is 3.93. The monoisotopic (exact) mass is 299 g/mol. The van der Waals surface area contributed by atoms with Gasteiger partial charge in [0.2, 0.25) is 5.89 Å². The van der Waals surface area contributed by atoms with E-state index in [1.54, 1.807) is 6.20 Å². The summed E-state index contributed by atoms with van der Waals surface area (Å²) in [5, 5.41) is 0.692. The van der Waals surface area contributed by atoms with Crippen molar-refractivity contribution in [1.82, 2.24) is 4.98 Å². The van der Waals surface area contributed by atoms with E-state index in [0.717, 1.165) is 22.6 Å². The summed E-state index contributed by atoms with van der Waals surface area (Å²) in [4.78, 5) is 4.31. The third-order valence-corrected chi connectivity index (χ3v) is 3.30. The van der Waals surface area contributed by atoms with Crippen molar-refractivity contribution in [3.8, 4) is 28.5 Å². The van der Waals surface area contributed by atoms with Crippen molar-refractivity contribution < 1.29 is 9.15 Å². The maximum atomic E-state index is 5.88. The summed E-state index contributed by atoms with van der Waals surface area (Å²) in [6, 6.07) is 15.2. The van der Waals surface area contributed by atoms with E-state index in [2.05, 4.69) is 4.98 Å². The summed E-state index contributed by atoms with van der Waals surface area (Å²) in [5.41, 5.74) is 1.86. The zero-order valence-corrected chi connectivity index (χ0v) is 12.3. The molecule has 1 aromatic heterocycles. The van der Waals surface area contributed by atoms with Crippen molar-refractivity contribution in [3.05, 3.63) is 59.8 Å². The van der Waals surface area contributed by atoms with Gasteiger partial charge in [-0.1, -0.05) is 11.6 Å². The van der Waals surface area contributed by atoms with Crippen molar-refractivity contribution in [2.24, 2.45) is 0 Å². The van der Waals surface area contributed by atoms with E-state index < -0.39 is 0 Å². The maximum Gasteiger partial charge on any atom is 0.226 e. The molecule has 0 unspecified atom stereocenters. The molecule has 4 heteroatoms. The summed E-state index contributed by atoms with van der Waals surface area (Å²) in [6.07, 6.45) is 1.72. The van der Waals surface area contributed by atoms with E-state index in [9.17, 15) is 0 Å². The van der Waals surface area contributed by atoms with Crippen LogP contribution >= 0.6 is 11.6 Å². The maximum absolute atomic E-state index is 5.88. The number of rotatable bonds is 4. The molecule has 3 aromatic rings. The first-order valence-electron chi connectivity index (χ1n) is 6.71. The molecule has 0 atom stereocenters. The van der Waals surface area contributed by atoms with Crippen molar-refractivity contribution in [2.45, 2.75) is 6.92 Å². The van der Waals surface area contributed by atoms with E-state index in [0.29, 0.717) is 17.5 Å². The van der Waals surface area contributed by atoms with Gasteiger partial charge in [-0.25, -0.2) is 4.98 Å². The summed E-state index contributed by atoms with van der Waals surface area (Å²) < 4.78 is 11.2. The van der Waals surface area contributed by atoms with Gasteiger partial charge in [0.15, 0.2) is 5.76 Å². The smallest absolute Gasteiger partial charge is 0.226 e. The summed E-state index contributed by atoms with van der Waals surface area (Å²) in [5.74, 6) is 2.15. The van der Waals surface area contributed by atoms with Gasteiger partial charge in [0.25, 0.3) is 0 Å². The molecular formula is C17H14ClNO2. The molecule has 0 radical (unpaired) electrons. The Morgan fingerprint density at radius 3 is 2.33 bits per heavy atom. The van der Waals surface area contributed by atoms with E-state index in [-0.39, 0.29) is 0 Å². The van der Waals surface area contributed by atoms with Gasteiger partial charge in [-0.15, -0.1) is 0 Å². The first kappa shape index (κ1) is 13.7. The number of aromatic nitrogens is 1. The first-order chi connectivity index (χ1) is 10.3. The minimum Gasteiger partial charge on any atom is -0.494 e. The molecule has 0 spiro atoms. The Bertz CT molecular complexity index is 717. The van der Waals surface area contributed by atoms with Crippen molar-refractivity contribution in [2.75, 3.05) is 6.61 Å². The van der Waals surface area contributed by atoms with Crippen molar-refractivity contribution >= 4 is 11.6 Å². The Morgan fingerprint density at radius 2 is 1.67 bits per heavy atom. The standard InChI is InChI=1S/C17H14ClNO2/c1-2-20-15-9-5-12(6-10-15)16-11-19-17(21-16)13-3-7-14(18)8-4-13/h3-11H,2H2,1H3. The number of benzene rings is 2. The van der Waals surface area contributed by atoms with E-state index in [4.69, 9.17) is 20.8 Å². The lowest BCUT2D eigenvalue weighted by Gasteiger charge is -2.02. The highest BCUT2D eigenvalue weighted by atomic mass is 35.5. The van der Waals surface area contributed by atoms with E-state index in [1.165, 1.54) is 0 Å². The Hall–Kier alpha value is -2.26. The summed E-state index contributed by atoms with van der Waals surface area (Å²) in [7, 11) is 0. The van der Waals surface area contributed by atoms with Crippen LogP contribution in [0.3, 0.4) is 0 Å². The molecular weight excluding hydrogens is 286 g/mol. The van der Waals surface area contributed by atoms with Crippen LogP contribution in [-0.4, -0.2) is 11.6 Å². The van der Waals surface area contributed by atoms with Crippen molar-refractivity contribution in [1.29, 1.82) is 0 Å². The number of ether oxygens (including phenoxy) is 1. The van der Waals surface area contributed by atoms with Crippen LogP contribution in [0.1, 0.15) is 6.92 Å². The fourth-order valence-corrected chi connectivity index (χ4v) is 2.14. The normalized spacial score (nSPS) is 10.6. The van der Waals surface area contributed by atoms with Crippen LogP contribution in [0.25, 0.3) is 22.8 Å². The predicted octanol–water partition coefficient (Wildman–Crippen LogP) is 5.06. The zero-order chi connectivity index (χ0) is 14.7. The van der Waals surface area contributed by atoms with Crippen LogP contribution in [0.2, 0.25) is 5.02 Å². The van der Waals surface area contributed by atoms with Gasteiger partial charge in [-0.3, -0.25) is 0 Å². The van der Waals surface area contributed by atoms with Crippen LogP contribution in [0.15, 0.2) is 59.1 Å². The zero-order valence-electron chi connectivity index (χ0n) is 11.5. The Labute approximate surface area is 128 Å². The van der Waals surface area contributed by atoms with Gasteiger partial charge in [-0.05, 0) is 55.5 Å². The van der Waals surface area contributed by atoms with Gasteiger partial charge in [0, 0.05) is 16.1 Å². The molecule has 2 aromatic carbocycles. The van der Waals surface area contributed by atoms with E-state index in [1.807, 2.05) is 55.5 Å². The molecule has 0 N–H and O–H groups in total. The van der Waals surface area contributed by atoms with Gasteiger partial charge >= 0.3 is 0 Å². The molecule has 3 rings (SSSR count). The van der Waals surface area contributed by atoms with Crippen LogP contribution in [0.5, 0.6) is 5.75 Å². The van der Waals surface area contributed by atoms with Crippen LogP contribution < -0.4 is 4.74 Å². The second-order valence-electron chi connectivity index (χ2n) is 4.49. The molecule has 0 saturated carbocycles. The highest BCUT2D eigenvalue weighted by molar-refractivity contribution is 6.30. The molecule has 0 aliphatic heterocycles. The molecule has 0 saturated heterocycles.